The van der Waals surface area contributed by atoms with Gasteiger partial charge in [-0.05, 0) is 23.6 Å². The van der Waals surface area contributed by atoms with Crippen LogP contribution in [0.5, 0.6) is 0 Å². The molecule has 0 atom stereocenters. The first-order chi connectivity index (χ1) is 13.6. The molecule has 28 heavy (non-hydrogen) atoms. The van der Waals surface area contributed by atoms with Crippen LogP contribution in [0.2, 0.25) is 0 Å². The van der Waals surface area contributed by atoms with E-state index in [1.165, 1.54) is 5.56 Å². The SMILES string of the molecule is CCc1nnc2cc(N3CCN(C(=O)c4ccc(C(C)C)cc4)CC3)cnn12. The van der Waals surface area contributed by atoms with Crippen molar-refractivity contribution in [3.05, 3.63) is 53.5 Å². The number of carbonyl (C=O) groups is 1. The summed E-state index contributed by atoms with van der Waals surface area (Å²) in [5.74, 6) is 1.44. The van der Waals surface area contributed by atoms with Crippen LogP contribution in [0.25, 0.3) is 5.65 Å². The molecule has 3 aromatic rings. The van der Waals surface area contributed by atoms with E-state index in [0.29, 0.717) is 19.0 Å². The van der Waals surface area contributed by atoms with Gasteiger partial charge in [-0.1, -0.05) is 32.9 Å². The van der Waals surface area contributed by atoms with Crippen LogP contribution in [0.4, 0.5) is 5.69 Å². The molecule has 1 amide bonds. The summed E-state index contributed by atoms with van der Waals surface area (Å²) in [5, 5.41) is 12.9. The minimum Gasteiger partial charge on any atom is -0.367 e. The highest BCUT2D eigenvalue weighted by Gasteiger charge is 2.23. The number of piperazine rings is 1. The normalized spacial score (nSPS) is 14.9. The Balaban J connectivity index is 1.42. The van der Waals surface area contributed by atoms with Crippen molar-refractivity contribution in [1.29, 1.82) is 0 Å². The van der Waals surface area contributed by atoms with Gasteiger partial charge >= 0.3 is 0 Å². The van der Waals surface area contributed by atoms with Gasteiger partial charge in [0, 0.05) is 44.2 Å². The average molecular weight is 378 g/mol. The Bertz CT molecular complexity index is 970. The lowest BCUT2D eigenvalue weighted by molar-refractivity contribution is 0.0746. The molecule has 4 rings (SSSR count). The van der Waals surface area contributed by atoms with Gasteiger partial charge in [0.1, 0.15) is 0 Å². The molecule has 0 saturated carbocycles. The summed E-state index contributed by atoms with van der Waals surface area (Å²) in [6.07, 6.45) is 2.66. The summed E-state index contributed by atoms with van der Waals surface area (Å²) in [6.45, 7) is 9.31. The number of hydrogen-bond acceptors (Lipinski definition) is 5. The van der Waals surface area contributed by atoms with E-state index >= 15 is 0 Å². The number of nitrogens with zero attached hydrogens (tertiary/aromatic N) is 6. The number of amides is 1. The van der Waals surface area contributed by atoms with E-state index in [2.05, 4.69) is 46.2 Å². The quantitative estimate of drug-likeness (QED) is 0.698. The van der Waals surface area contributed by atoms with Crippen LogP contribution in [-0.2, 0) is 6.42 Å². The van der Waals surface area contributed by atoms with E-state index < -0.39 is 0 Å². The van der Waals surface area contributed by atoms with E-state index in [-0.39, 0.29) is 5.91 Å². The zero-order chi connectivity index (χ0) is 19.7. The molecule has 2 aromatic heterocycles. The number of carbonyl (C=O) groups excluding carboxylic acids is 1. The van der Waals surface area contributed by atoms with Gasteiger partial charge in [0.25, 0.3) is 5.91 Å². The monoisotopic (exact) mass is 378 g/mol. The number of benzene rings is 1. The molecule has 1 fully saturated rings. The molecule has 1 saturated heterocycles. The van der Waals surface area contributed by atoms with Crippen LogP contribution in [0.3, 0.4) is 0 Å². The van der Waals surface area contributed by atoms with E-state index in [4.69, 9.17) is 0 Å². The van der Waals surface area contributed by atoms with Gasteiger partial charge < -0.3 is 9.80 Å². The molecule has 1 aromatic carbocycles. The van der Waals surface area contributed by atoms with Crippen LogP contribution in [0.1, 0.15) is 48.4 Å². The van der Waals surface area contributed by atoms with Gasteiger partial charge in [-0.15, -0.1) is 10.2 Å². The third-order valence-corrected chi connectivity index (χ3v) is 5.38. The molecule has 7 heteroatoms. The van der Waals surface area contributed by atoms with Crippen molar-refractivity contribution in [3.63, 3.8) is 0 Å². The Morgan fingerprint density at radius 3 is 2.43 bits per heavy atom. The lowest BCUT2D eigenvalue weighted by atomic mass is 10.0. The minimum atomic E-state index is 0.105. The molecule has 0 unspecified atom stereocenters. The molecule has 0 N–H and O–H groups in total. The highest BCUT2D eigenvalue weighted by atomic mass is 16.2. The van der Waals surface area contributed by atoms with Crippen LogP contribution in [0.15, 0.2) is 36.5 Å². The molecule has 3 heterocycles. The first-order valence-electron chi connectivity index (χ1n) is 9.91. The van der Waals surface area contributed by atoms with Gasteiger partial charge in [-0.3, -0.25) is 4.79 Å². The smallest absolute Gasteiger partial charge is 0.253 e. The molecule has 146 valence electrons. The van der Waals surface area contributed by atoms with Crippen LogP contribution in [-0.4, -0.2) is 56.8 Å². The van der Waals surface area contributed by atoms with Crippen molar-refractivity contribution in [2.45, 2.75) is 33.1 Å². The van der Waals surface area contributed by atoms with Gasteiger partial charge in [0.2, 0.25) is 0 Å². The van der Waals surface area contributed by atoms with E-state index in [0.717, 1.165) is 42.2 Å². The zero-order valence-corrected chi connectivity index (χ0v) is 16.7. The Morgan fingerprint density at radius 1 is 1.07 bits per heavy atom. The Labute approximate surface area is 165 Å². The maximum Gasteiger partial charge on any atom is 0.253 e. The number of aromatic nitrogens is 4. The lowest BCUT2D eigenvalue weighted by Crippen LogP contribution is -2.48. The van der Waals surface area contributed by atoms with Crippen LogP contribution >= 0.6 is 0 Å². The number of fused-ring (bicyclic) bond motifs is 1. The van der Waals surface area contributed by atoms with Crippen LogP contribution < -0.4 is 4.90 Å². The number of anilines is 1. The molecular formula is C21H26N6O. The first-order valence-corrected chi connectivity index (χ1v) is 9.91. The molecule has 1 aliphatic heterocycles. The summed E-state index contributed by atoms with van der Waals surface area (Å²) in [6, 6.07) is 10.0. The fourth-order valence-corrected chi connectivity index (χ4v) is 3.58. The number of hydrogen-bond donors (Lipinski definition) is 0. The second-order valence-electron chi connectivity index (χ2n) is 7.51. The zero-order valence-electron chi connectivity index (χ0n) is 16.7. The average Bonchev–Trinajstić information content (AvgIpc) is 3.15. The van der Waals surface area contributed by atoms with Crippen molar-refractivity contribution in [2.24, 2.45) is 0 Å². The molecule has 1 aliphatic rings. The van der Waals surface area contributed by atoms with E-state index in [1.807, 2.05) is 36.2 Å². The van der Waals surface area contributed by atoms with Crippen molar-refractivity contribution < 1.29 is 4.79 Å². The summed E-state index contributed by atoms with van der Waals surface area (Å²) in [5.41, 5.74) is 3.80. The van der Waals surface area contributed by atoms with Gasteiger partial charge in [0.05, 0.1) is 11.9 Å². The molecule has 7 nitrogen and oxygen atoms in total. The number of aryl methyl sites for hydroxylation is 1. The summed E-state index contributed by atoms with van der Waals surface area (Å²) in [7, 11) is 0. The van der Waals surface area contributed by atoms with Crippen LogP contribution in [0, 0.1) is 0 Å². The third-order valence-electron chi connectivity index (χ3n) is 5.38. The molecule has 0 bridgehead atoms. The maximum absolute atomic E-state index is 12.8. The second kappa shape index (κ2) is 7.58. The Morgan fingerprint density at radius 2 is 1.79 bits per heavy atom. The Kier molecular flexibility index (Phi) is 4.98. The number of rotatable bonds is 4. The van der Waals surface area contributed by atoms with E-state index in [9.17, 15) is 4.79 Å². The predicted molar refractivity (Wildman–Crippen MR) is 109 cm³/mol. The van der Waals surface area contributed by atoms with Crippen molar-refractivity contribution >= 4 is 17.2 Å². The summed E-state index contributed by atoms with van der Waals surface area (Å²) in [4.78, 5) is 17.0. The third kappa shape index (κ3) is 3.44. The van der Waals surface area contributed by atoms with Gasteiger partial charge in [0.15, 0.2) is 11.5 Å². The largest absolute Gasteiger partial charge is 0.367 e. The molecule has 0 aliphatic carbocycles. The van der Waals surface area contributed by atoms with Crippen molar-refractivity contribution in [1.82, 2.24) is 24.7 Å². The second-order valence-corrected chi connectivity index (χ2v) is 7.51. The Hall–Kier alpha value is -2.96. The summed E-state index contributed by atoms with van der Waals surface area (Å²) < 4.78 is 1.78. The van der Waals surface area contributed by atoms with Crippen molar-refractivity contribution in [3.8, 4) is 0 Å². The standard InChI is InChI=1S/C21H26N6O/c1-4-19-23-24-20-13-18(14-22-27(19)20)25-9-11-26(12-10-25)21(28)17-7-5-16(6-8-17)15(2)3/h5-8,13-15H,4,9-12H2,1-3H3. The van der Waals surface area contributed by atoms with Gasteiger partial charge in [-0.25, -0.2) is 0 Å². The maximum atomic E-state index is 12.8. The van der Waals surface area contributed by atoms with E-state index in [1.54, 1.807) is 4.52 Å². The molecular weight excluding hydrogens is 352 g/mol. The topological polar surface area (TPSA) is 66.6 Å². The first kappa shape index (κ1) is 18.4. The molecule has 0 radical (unpaired) electrons. The predicted octanol–water partition coefficient (Wildman–Crippen LogP) is 2.77. The fraction of sp³-hybridized carbons (Fsp3) is 0.429. The summed E-state index contributed by atoms with van der Waals surface area (Å²) >= 11 is 0. The molecule has 0 spiro atoms. The van der Waals surface area contributed by atoms with Gasteiger partial charge in [-0.2, -0.15) is 9.61 Å². The fourth-order valence-electron chi connectivity index (χ4n) is 3.58. The van der Waals surface area contributed by atoms with Crippen molar-refractivity contribution in [2.75, 3.05) is 31.1 Å². The highest BCUT2D eigenvalue weighted by molar-refractivity contribution is 5.94. The minimum absolute atomic E-state index is 0.105. The lowest BCUT2D eigenvalue weighted by Gasteiger charge is -2.36. The highest BCUT2D eigenvalue weighted by Crippen LogP contribution is 2.19.